The molecule has 7 heteroatoms. The molecule has 2 aliphatic rings. The number of nitrogens with zero attached hydrogens (tertiary/aromatic N) is 1. The normalized spacial score (nSPS) is 17.3. The highest BCUT2D eigenvalue weighted by molar-refractivity contribution is 5.93. The number of halogens is 1. The Morgan fingerprint density at radius 3 is 2.43 bits per heavy atom. The average Bonchev–Trinajstić information content (AvgIpc) is 2.55. The van der Waals surface area contributed by atoms with Gasteiger partial charge in [-0.15, -0.1) is 0 Å². The first-order valence-electron chi connectivity index (χ1n) is 7.78. The molecule has 2 heterocycles. The van der Waals surface area contributed by atoms with Crippen molar-refractivity contribution in [1.29, 1.82) is 0 Å². The van der Waals surface area contributed by atoms with Crippen molar-refractivity contribution >= 4 is 11.6 Å². The molecule has 0 spiro atoms. The molecule has 0 atom stereocenters. The smallest absolute Gasteiger partial charge is 0.238 e. The zero-order valence-electron chi connectivity index (χ0n) is 13.3. The highest BCUT2D eigenvalue weighted by atomic mass is 35.5. The second kappa shape index (κ2) is 8.38. The van der Waals surface area contributed by atoms with Crippen LogP contribution in [-0.4, -0.2) is 56.9 Å². The first-order valence-corrected chi connectivity index (χ1v) is 7.78. The van der Waals surface area contributed by atoms with E-state index in [2.05, 4.69) is 17.1 Å². The number of hydrogen-bond acceptors (Lipinski definition) is 5. The molecule has 0 aromatic heterocycles. The summed E-state index contributed by atoms with van der Waals surface area (Å²) in [7, 11) is 0. The van der Waals surface area contributed by atoms with Gasteiger partial charge in [0.1, 0.15) is 13.2 Å². The minimum Gasteiger partial charge on any atom is -1.00 e. The predicted molar refractivity (Wildman–Crippen MR) is 82.7 cm³/mol. The molecule has 1 fully saturated rings. The zero-order valence-corrected chi connectivity index (χ0v) is 14.0. The van der Waals surface area contributed by atoms with Crippen LogP contribution < -0.4 is 27.2 Å². The minimum absolute atomic E-state index is 0. The lowest BCUT2D eigenvalue weighted by atomic mass is 10.1. The van der Waals surface area contributed by atoms with Gasteiger partial charge in [0.05, 0.1) is 19.8 Å². The van der Waals surface area contributed by atoms with Crippen molar-refractivity contribution in [2.45, 2.75) is 13.3 Å². The summed E-state index contributed by atoms with van der Waals surface area (Å²) in [5.74, 6) is 1.45. The number of carbonyl (C=O) groups excluding carboxylic acids is 1. The van der Waals surface area contributed by atoms with E-state index < -0.39 is 0 Å². The third-order valence-electron chi connectivity index (χ3n) is 3.89. The Bertz CT molecular complexity index is 547. The number of benzene rings is 1. The van der Waals surface area contributed by atoms with E-state index in [0.717, 1.165) is 36.5 Å². The number of morpholine rings is 1. The molecule has 1 N–H and O–H groups in total. The van der Waals surface area contributed by atoms with Crippen molar-refractivity contribution in [2.75, 3.05) is 51.4 Å². The molecule has 2 aliphatic heterocycles. The van der Waals surface area contributed by atoms with Crippen LogP contribution in [-0.2, 0) is 16.0 Å². The first-order chi connectivity index (χ1) is 10.8. The third kappa shape index (κ3) is 4.50. The number of hydrogen-bond donors (Lipinski definition) is 1. The van der Waals surface area contributed by atoms with Gasteiger partial charge in [-0.1, -0.05) is 6.92 Å². The molecule has 23 heavy (non-hydrogen) atoms. The van der Waals surface area contributed by atoms with Gasteiger partial charge in [0.2, 0.25) is 5.91 Å². The molecule has 0 radical (unpaired) electrons. The van der Waals surface area contributed by atoms with Crippen LogP contribution in [0.2, 0.25) is 0 Å². The SMILES string of the molecule is CCc1cc2c(cc1NC(=O)CN1CCOCC1)OCCO2.[Cl-]. The quantitative estimate of drug-likeness (QED) is 0.707. The summed E-state index contributed by atoms with van der Waals surface area (Å²) in [6, 6.07) is 3.82. The maximum Gasteiger partial charge on any atom is 0.238 e. The van der Waals surface area contributed by atoms with Gasteiger partial charge >= 0.3 is 0 Å². The Kier molecular flexibility index (Phi) is 6.50. The van der Waals surface area contributed by atoms with E-state index in [1.165, 1.54) is 0 Å². The van der Waals surface area contributed by atoms with Crippen LogP contribution in [0.25, 0.3) is 0 Å². The summed E-state index contributed by atoms with van der Waals surface area (Å²) >= 11 is 0. The van der Waals surface area contributed by atoms with E-state index in [-0.39, 0.29) is 18.3 Å². The van der Waals surface area contributed by atoms with E-state index in [1.807, 2.05) is 12.1 Å². The molecule has 1 amide bonds. The summed E-state index contributed by atoms with van der Waals surface area (Å²) in [6.07, 6.45) is 0.823. The fourth-order valence-corrected chi connectivity index (χ4v) is 2.69. The summed E-state index contributed by atoms with van der Waals surface area (Å²) in [5.41, 5.74) is 1.87. The van der Waals surface area contributed by atoms with Crippen molar-refractivity contribution in [3.05, 3.63) is 17.7 Å². The van der Waals surface area contributed by atoms with Gasteiger partial charge in [-0.25, -0.2) is 0 Å². The number of nitrogens with one attached hydrogen (secondary N) is 1. The van der Waals surface area contributed by atoms with Crippen molar-refractivity contribution in [3.63, 3.8) is 0 Å². The molecule has 1 aromatic carbocycles. The second-order valence-electron chi connectivity index (χ2n) is 5.44. The molecule has 1 saturated heterocycles. The summed E-state index contributed by atoms with van der Waals surface area (Å²) in [5, 5.41) is 3.00. The van der Waals surface area contributed by atoms with Crippen LogP contribution >= 0.6 is 0 Å². The summed E-state index contributed by atoms with van der Waals surface area (Å²) < 4.78 is 16.5. The van der Waals surface area contributed by atoms with Gasteiger partial charge in [-0.05, 0) is 18.1 Å². The van der Waals surface area contributed by atoms with E-state index in [1.54, 1.807) is 0 Å². The number of amides is 1. The van der Waals surface area contributed by atoms with Gasteiger partial charge in [0.15, 0.2) is 11.5 Å². The van der Waals surface area contributed by atoms with Gasteiger partial charge in [0.25, 0.3) is 0 Å². The number of fused-ring (bicyclic) bond motifs is 1. The molecule has 128 valence electrons. The summed E-state index contributed by atoms with van der Waals surface area (Å²) in [6.45, 7) is 6.54. The lowest BCUT2D eigenvalue weighted by molar-refractivity contribution is -0.118. The Labute approximate surface area is 142 Å². The third-order valence-corrected chi connectivity index (χ3v) is 3.89. The van der Waals surface area contributed by atoms with E-state index in [9.17, 15) is 4.79 Å². The number of ether oxygens (including phenoxy) is 3. The Hall–Kier alpha value is -1.50. The highest BCUT2D eigenvalue weighted by Crippen LogP contribution is 2.35. The fourth-order valence-electron chi connectivity index (χ4n) is 2.69. The molecule has 6 nitrogen and oxygen atoms in total. The monoisotopic (exact) mass is 341 g/mol. The number of aryl methyl sites for hydroxylation is 1. The van der Waals surface area contributed by atoms with E-state index in [0.29, 0.717) is 38.7 Å². The topological polar surface area (TPSA) is 60.0 Å². The fraction of sp³-hybridized carbons (Fsp3) is 0.562. The van der Waals surface area contributed by atoms with Crippen LogP contribution in [0.1, 0.15) is 12.5 Å². The second-order valence-corrected chi connectivity index (χ2v) is 5.44. The molecular weight excluding hydrogens is 320 g/mol. The lowest BCUT2D eigenvalue weighted by Gasteiger charge is -2.26. The Balaban J connectivity index is 0.00000192. The number of carbonyl (C=O) groups is 1. The molecule has 3 rings (SSSR count). The largest absolute Gasteiger partial charge is 1.00 e. The zero-order chi connectivity index (χ0) is 15.4. The van der Waals surface area contributed by atoms with Crippen molar-refractivity contribution in [3.8, 4) is 11.5 Å². The highest BCUT2D eigenvalue weighted by Gasteiger charge is 2.18. The van der Waals surface area contributed by atoms with Crippen molar-refractivity contribution in [1.82, 2.24) is 4.90 Å². The minimum atomic E-state index is -0.00622. The Morgan fingerprint density at radius 2 is 1.78 bits per heavy atom. The molecule has 0 unspecified atom stereocenters. The molecule has 0 saturated carbocycles. The molecule has 1 aromatic rings. The van der Waals surface area contributed by atoms with Crippen LogP contribution in [0.4, 0.5) is 5.69 Å². The lowest BCUT2D eigenvalue weighted by Crippen LogP contribution is -3.00. The maximum absolute atomic E-state index is 12.3. The molecule has 0 aliphatic carbocycles. The van der Waals surface area contributed by atoms with Gasteiger partial charge in [0, 0.05) is 24.8 Å². The number of anilines is 1. The van der Waals surface area contributed by atoms with Gasteiger partial charge < -0.3 is 31.9 Å². The Morgan fingerprint density at radius 1 is 1.13 bits per heavy atom. The number of rotatable bonds is 4. The maximum atomic E-state index is 12.3. The van der Waals surface area contributed by atoms with Gasteiger partial charge in [-0.2, -0.15) is 0 Å². The van der Waals surface area contributed by atoms with Crippen molar-refractivity contribution < 1.29 is 31.4 Å². The van der Waals surface area contributed by atoms with E-state index >= 15 is 0 Å². The molecule has 0 bridgehead atoms. The van der Waals surface area contributed by atoms with E-state index in [4.69, 9.17) is 14.2 Å². The van der Waals surface area contributed by atoms with Crippen LogP contribution in [0, 0.1) is 0 Å². The van der Waals surface area contributed by atoms with Crippen molar-refractivity contribution in [2.24, 2.45) is 0 Å². The first kappa shape index (κ1) is 17.8. The molecular formula is C16H22ClN2O4-. The van der Waals surface area contributed by atoms with Gasteiger partial charge in [-0.3, -0.25) is 9.69 Å². The standard InChI is InChI=1S/C16H22N2O4.ClH/c1-2-12-9-14-15(22-8-7-21-14)10-13(12)17-16(19)11-18-3-5-20-6-4-18;/h9-10H,2-8,11H2,1H3,(H,17,19);1H/p-1. The van der Waals surface area contributed by atoms with Crippen LogP contribution in [0.5, 0.6) is 11.5 Å². The van der Waals surface area contributed by atoms with Crippen LogP contribution in [0.3, 0.4) is 0 Å². The summed E-state index contributed by atoms with van der Waals surface area (Å²) in [4.78, 5) is 14.4. The van der Waals surface area contributed by atoms with Crippen LogP contribution in [0.15, 0.2) is 12.1 Å². The average molecular weight is 342 g/mol. The predicted octanol–water partition coefficient (Wildman–Crippen LogP) is -1.71.